The van der Waals surface area contributed by atoms with Gasteiger partial charge < -0.3 is 14.6 Å². The van der Waals surface area contributed by atoms with Gasteiger partial charge in [0.2, 0.25) is 0 Å². The monoisotopic (exact) mass is 458 g/mol. The summed E-state index contributed by atoms with van der Waals surface area (Å²) in [6.45, 7) is 7.33. The Bertz CT molecular complexity index is 366. The van der Waals surface area contributed by atoms with Gasteiger partial charge in [-0.2, -0.15) is 0 Å². The van der Waals surface area contributed by atoms with Crippen LogP contribution in [0.2, 0.25) is 0 Å². The molecular weight excluding hydrogens is 403 g/mol. The Hall–Kier alpha value is -0.0775. The van der Waals surface area contributed by atoms with Crippen molar-refractivity contribution in [3.8, 4) is 0 Å². The summed E-state index contributed by atoms with van der Waals surface area (Å²) in [7, 11) is 0. The molecule has 0 amide bonds. The summed E-state index contributed by atoms with van der Waals surface area (Å²) in [4.78, 5) is 11.9. The van der Waals surface area contributed by atoms with Crippen LogP contribution in [-0.4, -0.2) is 47.4 Å². The molecule has 0 heterocycles. The van der Waals surface area contributed by atoms with Crippen molar-refractivity contribution in [1.29, 1.82) is 0 Å². The van der Waals surface area contributed by atoms with Crippen molar-refractivity contribution in [1.82, 2.24) is 0 Å². The Balaban J connectivity index is 0. The Morgan fingerprint density at radius 2 is 0.903 bits per heavy atom. The second-order valence-electron chi connectivity index (χ2n) is 8.81. The highest BCUT2D eigenvalue weighted by atomic mass is 27.0. The minimum absolute atomic E-state index is 0. The van der Waals surface area contributed by atoms with Crippen molar-refractivity contribution in [3.05, 3.63) is 0 Å². The maximum absolute atomic E-state index is 11.9. The number of aliphatic carboxylic acids is 1. The molecule has 0 aliphatic heterocycles. The van der Waals surface area contributed by atoms with E-state index in [4.69, 9.17) is 9.47 Å². The zero-order chi connectivity index (χ0) is 22.3. The van der Waals surface area contributed by atoms with E-state index < -0.39 is 11.8 Å². The standard InChI is InChI=1S/C26H52O4.Al.3H/c1-4-7-10-11-12-13-14-15-16-17-18-19-20-21-22-26(25(27)28,29-23-8-5-2)30-24-9-6-3;;;;/h4-24H2,1-3H3,(H,27,28);;;;. The van der Waals surface area contributed by atoms with Crippen LogP contribution in [0.4, 0.5) is 0 Å². The van der Waals surface area contributed by atoms with Crippen LogP contribution in [0.1, 0.15) is 143 Å². The summed E-state index contributed by atoms with van der Waals surface area (Å²) >= 11 is 0. The van der Waals surface area contributed by atoms with Gasteiger partial charge in [0.05, 0.1) is 13.2 Å². The molecule has 31 heavy (non-hydrogen) atoms. The van der Waals surface area contributed by atoms with Gasteiger partial charge in [0, 0.05) is 6.42 Å². The maximum atomic E-state index is 11.9. The van der Waals surface area contributed by atoms with Gasteiger partial charge in [0.15, 0.2) is 17.4 Å². The lowest BCUT2D eigenvalue weighted by atomic mass is 10.0. The second-order valence-corrected chi connectivity index (χ2v) is 8.81. The van der Waals surface area contributed by atoms with Crippen LogP contribution in [0.15, 0.2) is 0 Å². The van der Waals surface area contributed by atoms with Crippen molar-refractivity contribution in [2.75, 3.05) is 13.2 Å². The Labute approximate surface area is 204 Å². The largest absolute Gasteiger partial charge is 0.477 e. The number of carbonyl (C=O) groups is 1. The van der Waals surface area contributed by atoms with Crippen LogP contribution in [0, 0.1) is 0 Å². The molecule has 0 rings (SSSR count). The van der Waals surface area contributed by atoms with E-state index in [9.17, 15) is 9.90 Å². The summed E-state index contributed by atoms with van der Waals surface area (Å²) in [5, 5.41) is 9.78. The fraction of sp³-hybridized carbons (Fsp3) is 0.962. The summed E-state index contributed by atoms with van der Waals surface area (Å²) in [5.41, 5.74) is 0. The normalized spacial score (nSPS) is 11.5. The average Bonchev–Trinajstić information content (AvgIpc) is 2.73. The predicted molar refractivity (Wildman–Crippen MR) is 137 cm³/mol. The molecular formula is C26H55AlO4. The van der Waals surface area contributed by atoms with E-state index in [2.05, 4.69) is 20.8 Å². The zero-order valence-corrected chi connectivity index (χ0v) is 20.5. The van der Waals surface area contributed by atoms with Crippen molar-refractivity contribution in [2.45, 2.75) is 149 Å². The maximum Gasteiger partial charge on any atom is 0.364 e. The Morgan fingerprint density at radius 1 is 0.581 bits per heavy atom. The number of hydrogen-bond acceptors (Lipinski definition) is 3. The molecule has 5 heteroatoms. The Kier molecular flexibility index (Phi) is 26.2. The van der Waals surface area contributed by atoms with Gasteiger partial charge in [-0.25, -0.2) is 4.79 Å². The van der Waals surface area contributed by atoms with Gasteiger partial charge >= 0.3 is 5.97 Å². The van der Waals surface area contributed by atoms with Crippen LogP contribution >= 0.6 is 0 Å². The molecule has 0 aromatic carbocycles. The van der Waals surface area contributed by atoms with Gasteiger partial charge in [-0.05, 0) is 19.3 Å². The summed E-state index contributed by atoms with van der Waals surface area (Å²) < 4.78 is 11.5. The zero-order valence-electron chi connectivity index (χ0n) is 20.5. The molecule has 0 atom stereocenters. The lowest BCUT2D eigenvalue weighted by Gasteiger charge is -2.30. The molecule has 0 aromatic rings. The topological polar surface area (TPSA) is 55.8 Å². The lowest BCUT2D eigenvalue weighted by Crippen LogP contribution is -2.45. The third-order valence-electron chi connectivity index (χ3n) is 5.85. The van der Waals surface area contributed by atoms with Gasteiger partial charge in [-0.3, -0.25) is 0 Å². The first-order chi connectivity index (χ1) is 14.6. The van der Waals surface area contributed by atoms with Crippen LogP contribution in [0.3, 0.4) is 0 Å². The number of ether oxygens (including phenoxy) is 2. The van der Waals surface area contributed by atoms with Gasteiger partial charge in [-0.15, -0.1) is 0 Å². The van der Waals surface area contributed by atoms with E-state index >= 15 is 0 Å². The molecule has 186 valence electrons. The van der Waals surface area contributed by atoms with Crippen molar-refractivity contribution in [2.24, 2.45) is 0 Å². The number of carboxylic acids is 1. The lowest BCUT2D eigenvalue weighted by molar-refractivity contribution is -0.248. The minimum atomic E-state index is -1.44. The first-order valence-corrected chi connectivity index (χ1v) is 13.1. The summed E-state index contributed by atoms with van der Waals surface area (Å²) in [5.74, 6) is -2.41. The fourth-order valence-electron chi connectivity index (χ4n) is 3.73. The smallest absolute Gasteiger partial charge is 0.364 e. The molecule has 0 fully saturated rings. The molecule has 0 aliphatic rings. The predicted octanol–water partition coefficient (Wildman–Crippen LogP) is 7.09. The van der Waals surface area contributed by atoms with Crippen LogP contribution in [-0.2, 0) is 14.3 Å². The SMILES string of the molecule is CCCCCCCCCCCCCCCCC(OCCCC)(OCCCC)C(=O)O.[AlH3]. The number of unbranched alkanes of at least 4 members (excludes halogenated alkanes) is 15. The summed E-state index contributed by atoms with van der Waals surface area (Å²) in [6.07, 6.45) is 22.3. The highest BCUT2D eigenvalue weighted by Crippen LogP contribution is 2.24. The molecule has 0 spiro atoms. The van der Waals surface area contributed by atoms with Crippen molar-refractivity contribution >= 4 is 23.3 Å². The van der Waals surface area contributed by atoms with E-state index in [0.717, 1.165) is 38.5 Å². The molecule has 0 unspecified atom stereocenters. The molecule has 0 aliphatic carbocycles. The quantitative estimate of drug-likeness (QED) is 0.0953. The van der Waals surface area contributed by atoms with Gasteiger partial charge in [0.1, 0.15) is 0 Å². The van der Waals surface area contributed by atoms with Gasteiger partial charge in [0.25, 0.3) is 5.79 Å². The molecule has 0 radical (unpaired) electrons. The first kappa shape index (κ1) is 33.1. The van der Waals surface area contributed by atoms with E-state index in [1.807, 2.05) is 0 Å². The number of hydrogen-bond donors (Lipinski definition) is 1. The molecule has 0 saturated carbocycles. The Morgan fingerprint density at radius 3 is 1.23 bits per heavy atom. The first-order valence-electron chi connectivity index (χ1n) is 13.1. The molecule has 0 saturated heterocycles. The van der Waals surface area contributed by atoms with Crippen LogP contribution in [0.25, 0.3) is 0 Å². The van der Waals surface area contributed by atoms with Crippen molar-refractivity contribution < 1.29 is 19.4 Å². The number of carboxylic acid groups (broad SMARTS) is 1. The molecule has 4 nitrogen and oxygen atoms in total. The third kappa shape index (κ3) is 19.1. The van der Waals surface area contributed by atoms with E-state index in [1.54, 1.807) is 0 Å². The summed E-state index contributed by atoms with van der Waals surface area (Å²) in [6, 6.07) is 0. The minimum Gasteiger partial charge on any atom is -0.477 e. The van der Waals surface area contributed by atoms with Crippen LogP contribution in [0.5, 0.6) is 0 Å². The fourth-order valence-corrected chi connectivity index (χ4v) is 3.73. The van der Waals surface area contributed by atoms with E-state index in [1.165, 1.54) is 77.0 Å². The second kappa shape index (κ2) is 24.6. The highest BCUT2D eigenvalue weighted by molar-refractivity contribution is 5.76. The van der Waals surface area contributed by atoms with Gasteiger partial charge in [-0.1, -0.05) is 117 Å². The molecule has 0 aromatic heterocycles. The highest BCUT2D eigenvalue weighted by Gasteiger charge is 2.40. The number of rotatable bonds is 24. The molecule has 1 N–H and O–H groups in total. The molecule has 0 bridgehead atoms. The third-order valence-corrected chi connectivity index (χ3v) is 5.85. The average molecular weight is 459 g/mol. The van der Waals surface area contributed by atoms with E-state index in [-0.39, 0.29) is 17.4 Å². The van der Waals surface area contributed by atoms with E-state index in [0.29, 0.717) is 19.6 Å². The van der Waals surface area contributed by atoms with Crippen LogP contribution < -0.4 is 0 Å². The van der Waals surface area contributed by atoms with Crippen molar-refractivity contribution in [3.63, 3.8) is 0 Å².